The molecule has 8 heteroatoms. The maximum atomic E-state index is 13.2. The lowest BCUT2D eigenvalue weighted by Crippen LogP contribution is -2.43. The molecule has 0 aliphatic heterocycles. The molecule has 8 nitrogen and oxygen atoms in total. The molecule has 1 aromatic heterocycles. The van der Waals surface area contributed by atoms with Crippen LogP contribution in [-0.4, -0.2) is 34.0 Å². The average molecular weight is 456 g/mol. The molecule has 3 rings (SSSR count). The fourth-order valence-corrected chi connectivity index (χ4v) is 4.56. The molecule has 0 spiro atoms. The molecule has 3 N–H and O–H groups in total. The number of rotatable bonds is 10. The van der Waals surface area contributed by atoms with Gasteiger partial charge in [-0.15, -0.1) is 0 Å². The van der Waals surface area contributed by atoms with Crippen LogP contribution in [0.3, 0.4) is 0 Å². The first-order chi connectivity index (χ1) is 15.8. The molecule has 0 bridgehead atoms. The van der Waals surface area contributed by atoms with Gasteiger partial charge in [0.05, 0.1) is 0 Å². The van der Waals surface area contributed by atoms with E-state index in [-0.39, 0.29) is 24.0 Å². The van der Waals surface area contributed by atoms with E-state index in [9.17, 15) is 14.4 Å². The summed E-state index contributed by atoms with van der Waals surface area (Å²) in [5.74, 6) is 0.291. The molecular weight excluding hydrogens is 418 g/mol. The van der Waals surface area contributed by atoms with Crippen molar-refractivity contribution in [1.29, 1.82) is 0 Å². The number of hydrogen-bond donors (Lipinski definition) is 2. The molecular formula is C25H37N5O3. The number of anilines is 2. The van der Waals surface area contributed by atoms with Crippen molar-refractivity contribution >= 4 is 17.4 Å². The van der Waals surface area contributed by atoms with E-state index in [1.54, 1.807) is 0 Å². The molecule has 1 fully saturated rings. The van der Waals surface area contributed by atoms with Gasteiger partial charge in [-0.3, -0.25) is 18.7 Å². The van der Waals surface area contributed by atoms with Crippen molar-refractivity contribution in [3.8, 4) is 0 Å². The highest BCUT2D eigenvalue weighted by Gasteiger charge is 2.22. The van der Waals surface area contributed by atoms with E-state index in [4.69, 9.17) is 5.73 Å². The molecule has 1 aliphatic carbocycles. The van der Waals surface area contributed by atoms with E-state index in [0.29, 0.717) is 31.7 Å². The lowest BCUT2D eigenvalue weighted by Gasteiger charge is -2.19. The van der Waals surface area contributed by atoms with E-state index in [2.05, 4.69) is 22.3 Å². The van der Waals surface area contributed by atoms with Crippen LogP contribution in [0, 0.1) is 5.92 Å². The zero-order valence-electron chi connectivity index (χ0n) is 20.1. The summed E-state index contributed by atoms with van der Waals surface area (Å²) in [5.41, 5.74) is 7.39. The molecule has 1 aromatic carbocycles. The molecule has 33 heavy (non-hydrogen) atoms. The number of nitrogens with one attached hydrogen (secondary N) is 1. The predicted octanol–water partition coefficient (Wildman–Crippen LogP) is 2.83. The van der Waals surface area contributed by atoms with Gasteiger partial charge in [0.1, 0.15) is 11.5 Å². The Morgan fingerprint density at radius 2 is 1.70 bits per heavy atom. The molecule has 0 unspecified atom stereocenters. The number of carbonyl (C=O) groups is 1. The van der Waals surface area contributed by atoms with E-state index in [1.807, 2.05) is 33.2 Å². The van der Waals surface area contributed by atoms with Gasteiger partial charge in [0.2, 0.25) is 5.91 Å². The van der Waals surface area contributed by atoms with Gasteiger partial charge in [-0.05, 0) is 56.8 Å². The van der Waals surface area contributed by atoms with Crippen molar-refractivity contribution in [3.05, 3.63) is 56.2 Å². The van der Waals surface area contributed by atoms with Gasteiger partial charge in [0.25, 0.3) is 5.56 Å². The number of hydrogen-bond acceptors (Lipinski definition) is 5. The van der Waals surface area contributed by atoms with E-state index in [0.717, 1.165) is 37.8 Å². The standard InChI is InChI=1S/C25H37N5O3/c1-4-14-30-24(32)22(26)23(27-21(31)16-19-7-5-6-8-19)29(25(30)33)15-13-18-9-11-20(12-10-18)17-28(2)3/h9-12,19H,4-8,13-17,26H2,1-3H3,(H,27,31). The second-order valence-corrected chi connectivity index (χ2v) is 9.36. The Morgan fingerprint density at radius 1 is 1.06 bits per heavy atom. The molecule has 1 aliphatic rings. The van der Waals surface area contributed by atoms with Gasteiger partial charge in [0, 0.05) is 26.1 Å². The number of carbonyl (C=O) groups excluding carboxylic acids is 1. The smallest absolute Gasteiger partial charge is 0.332 e. The van der Waals surface area contributed by atoms with Crippen molar-refractivity contribution in [2.24, 2.45) is 5.92 Å². The van der Waals surface area contributed by atoms with Crippen LogP contribution in [0.1, 0.15) is 56.6 Å². The number of nitrogen functional groups attached to an aromatic ring is 1. The fourth-order valence-electron chi connectivity index (χ4n) is 4.56. The Labute approximate surface area is 195 Å². The van der Waals surface area contributed by atoms with Gasteiger partial charge in [-0.2, -0.15) is 0 Å². The van der Waals surface area contributed by atoms with Gasteiger partial charge >= 0.3 is 5.69 Å². The molecule has 2 aromatic rings. The van der Waals surface area contributed by atoms with Crippen molar-refractivity contribution < 1.29 is 4.79 Å². The third-order valence-electron chi connectivity index (χ3n) is 6.26. The predicted molar refractivity (Wildman–Crippen MR) is 132 cm³/mol. The zero-order chi connectivity index (χ0) is 24.0. The van der Waals surface area contributed by atoms with E-state index < -0.39 is 11.2 Å². The normalized spacial score (nSPS) is 14.2. The Balaban J connectivity index is 1.86. The van der Waals surface area contributed by atoms with Crippen LogP contribution < -0.4 is 22.3 Å². The summed E-state index contributed by atoms with van der Waals surface area (Å²) >= 11 is 0. The molecule has 0 radical (unpaired) electrons. The number of aromatic nitrogens is 2. The molecule has 0 atom stereocenters. The van der Waals surface area contributed by atoms with E-state index in [1.165, 1.54) is 14.7 Å². The van der Waals surface area contributed by atoms with E-state index >= 15 is 0 Å². The average Bonchev–Trinajstić information content (AvgIpc) is 3.28. The first-order valence-electron chi connectivity index (χ1n) is 12.0. The Kier molecular flexibility index (Phi) is 8.49. The van der Waals surface area contributed by atoms with Crippen molar-refractivity contribution in [2.75, 3.05) is 25.1 Å². The largest absolute Gasteiger partial charge is 0.391 e. The van der Waals surface area contributed by atoms with Crippen molar-refractivity contribution in [2.45, 2.75) is 71.5 Å². The van der Waals surface area contributed by atoms with Crippen LogP contribution in [0.15, 0.2) is 33.9 Å². The number of amides is 1. The third kappa shape index (κ3) is 6.35. The van der Waals surface area contributed by atoms with Crippen molar-refractivity contribution in [3.63, 3.8) is 0 Å². The minimum atomic E-state index is -0.540. The lowest BCUT2D eigenvalue weighted by molar-refractivity contribution is -0.117. The highest BCUT2D eigenvalue weighted by molar-refractivity contribution is 5.92. The highest BCUT2D eigenvalue weighted by Crippen LogP contribution is 2.28. The summed E-state index contributed by atoms with van der Waals surface area (Å²) < 4.78 is 2.62. The summed E-state index contributed by atoms with van der Waals surface area (Å²) in [5, 5.41) is 2.80. The molecule has 0 saturated heterocycles. The van der Waals surface area contributed by atoms with Crippen LogP contribution in [-0.2, 0) is 30.8 Å². The Morgan fingerprint density at radius 3 is 2.30 bits per heavy atom. The third-order valence-corrected chi connectivity index (χ3v) is 6.26. The first kappa shape index (κ1) is 24.8. The molecule has 1 amide bonds. The minimum absolute atomic E-state index is 0.0795. The second-order valence-electron chi connectivity index (χ2n) is 9.36. The Bertz CT molecular complexity index is 1060. The van der Waals surface area contributed by atoms with Crippen LogP contribution in [0.4, 0.5) is 11.5 Å². The lowest BCUT2D eigenvalue weighted by atomic mass is 10.0. The quantitative estimate of drug-likeness (QED) is 0.574. The Hall–Kier alpha value is -2.87. The number of benzene rings is 1. The van der Waals surface area contributed by atoms with Gasteiger partial charge < -0.3 is 16.0 Å². The maximum absolute atomic E-state index is 13.2. The summed E-state index contributed by atoms with van der Waals surface area (Å²) in [6, 6.07) is 8.25. The van der Waals surface area contributed by atoms with Gasteiger partial charge in [0.15, 0.2) is 0 Å². The second kappa shape index (κ2) is 11.3. The number of nitrogens with two attached hydrogens (primary N) is 1. The topological polar surface area (TPSA) is 102 Å². The van der Waals surface area contributed by atoms with Crippen LogP contribution >= 0.6 is 0 Å². The molecule has 180 valence electrons. The fraction of sp³-hybridized carbons (Fsp3) is 0.560. The highest BCUT2D eigenvalue weighted by atomic mass is 16.2. The molecule has 1 saturated carbocycles. The van der Waals surface area contributed by atoms with Gasteiger partial charge in [-0.1, -0.05) is 44.0 Å². The van der Waals surface area contributed by atoms with Crippen molar-refractivity contribution in [1.82, 2.24) is 14.0 Å². The van der Waals surface area contributed by atoms with Crippen LogP contribution in [0.2, 0.25) is 0 Å². The van der Waals surface area contributed by atoms with Gasteiger partial charge in [-0.25, -0.2) is 4.79 Å². The molecule has 1 heterocycles. The summed E-state index contributed by atoms with van der Waals surface area (Å²) in [6.45, 7) is 3.37. The number of nitrogens with zero attached hydrogens (tertiary/aromatic N) is 3. The number of aryl methyl sites for hydroxylation is 1. The SMILES string of the molecule is CCCn1c(=O)c(N)c(NC(=O)CC2CCCC2)n(CCc2ccc(CN(C)C)cc2)c1=O. The maximum Gasteiger partial charge on any atom is 0.332 e. The van der Waals surface area contributed by atoms with Crippen LogP contribution in [0.25, 0.3) is 0 Å². The van der Waals surface area contributed by atoms with Crippen LogP contribution in [0.5, 0.6) is 0 Å². The minimum Gasteiger partial charge on any atom is -0.391 e. The summed E-state index contributed by atoms with van der Waals surface area (Å²) in [6.07, 6.45) is 5.97. The zero-order valence-corrected chi connectivity index (χ0v) is 20.1. The summed E-state index contributed by atoms with van der Waals surface area (Å²) in [7, 11) is 4.05. The summed E-state index contributed by atoms with van der Waals surface area (Å²) in [4.78, 5) is 40.8. The monoisotopic (exact) mass is 455 g/mol. The first-order valence-corrected chi connectivity index (χ1v) is 12.0.